The minimum absolute atomic E-state index is 0.174. The maximum Gasteiger partial charge on any atom is 0.326 e. The van der Waals surface area contributed by atoms with Gasteiger partial charge in [-0.2, -0.15) is 0 Å². The van der Waals surface area contributed by atoms with Crippen LogP contribution in [0.25, 0.3) is 0 Å². The van der Waals surface area contributed by atoms with Crippen molar-refractivity contribution >= 4 is 29.3 Å². The fourth-order valence-electron chi connectivity index (χ4n) is 1.63. The number of aromatic nitrogens is 1. The highest BCUT2D eigenvalue weighted by Crippen LogP contribution is 2.18. The van der Waals surface area contributed by atoms with Crippen LogP contribution in [0.1, 0.15) is 37.2 Å². The first-order valence-corrected chi connectivity index (χ1v) is 7.23. The van der Waals surface area contributed by atoms with Gasteiger partial charge in [0.05, 0.1) is 6.04 Å². The van der Waals surface area contributed by atoms with Crippen LogP contribution in [0.15, 0.2) is 11.6 Å². The topological polar surface area (TPSA) is 129 Å². The van der Waals surface area contributed by atoms with Crippen LogP contribution < -0.4 is 10.6 Å². The number of nitrogens with one attached hydrogen (secondary N) is 2. The van der Waals surface area contributed by atoms with Crippen molar-refractivity contribution in [2.75, 3.05) is 0 Å². The summed E-state index contributed by atoms with van der Waals surface area (Å²) in [5.74, 6) is -2.38. The lowest BCUT2D eigenvalue weighted by molar-refractivity contribution is -0.140. The van der Waals surface area contributed by atoms with Crippen molar-refractivity contribution in [1.29, 1.82) is 0 Å². The smallest absolute Gasteiger partial charge is 0.326 e. The number of thiazole rings is 1. The Hall–Kier alpha value is -2.16. The molecule has 8 nitrogen and oxygen atoms in total. The largest absolute Gasteiger partial charge is 0.481 e. The number of carboxylic acid groups (broad SMARTS) is 2. The predicted octanol–water partition coefficient (Wildman–Crippen LogP) is 1.21. The van der Waals surface area contributed by atoms with Crippen LogP contribution in [-0.2, 0) is 9.59 Å². The normalized spacial score (nSPS) is 13.2. The first-order chi connectivity index (χ1) is 9.93. The van der Waals surface area contributed by atoms with Gasteiger partial charge >= 0.3 is 18.0 Å². The molecular formula is C12H17N3O5S. The molecule has 1 aromatic heterocycles. The predicted molar refractivity (Wildman–Crippen MR) is 75.1 cm³/mol. The average Bonchev–Trinajstić information content (AvgIpc) is 2.94. The number of hydrogen-bond donors (Lipinski definition) is 4. The quantitative estimate of drug-likeness (QED) is 0.571. The van der Waals surface area contributed by atoms with E-state index in [2.05, 4.69) is 15.6 Å². The lowest BCUT2D eigenvalue weighted by atomic mass is 10.1. The van der Waals surface area contributed by atoms with Gasteiger partial charge in [-0.1, -0.05) is 6.92 Å². The molecule has 2 atom stereocenters. The molecule has 0 fully saturated rings. The molecule has 1 heterocycles. The number of aliphatic carboxylic acids is 2. The zero-order valence-corrected chi connectivity index (χ0v) is 12.2. The molecule has 1 aromatic rings. The highest BCUT2D eigenvalue weighted by Gasteiger charge is 2.22. The minimum atomic E-state index is -1.27. The number of nitrogens with zero attached hydrogens (tertiary/aromatic N) is 1. The summed E-state index contributed by atoms with van der Waals surface area (Å²) in [5, 5.41) is 24.9. The highest BCUT2D eigenvalue weighted by atomic mass is 32.1. The summed E-state index contributed by atoms with van der Waals surface area (Å²) in [6, 6.07) is -2.20. The van der Waals surface area contributed by atoms with Gasteiger partial charge in [0.15, 0.2) is 0 Å². The van der Waals surface area contributed by atoms with Crippen molar-refractivity contribution in [3.05, 3.63) is 16.6 Å². The van der Waals surface area contributed by atoms with Gasteiger partial charge in [0.25, 0.3) is 0 Å². The van der Waals surface area contributed by atoms with E-state index in [1.807, 2.05) is 6.92 Å². The molecule has 1 rings (SSSR count). The van der Waals surface area contributed by atoms with Gasteiger partial charge in [-0.3, -0.25) is 4.79 Å². The van der Waals surface area contributed by atoms with Crippen molar-refractivity contribution in [1.82, 2.24) is 15.6 Å². The molecule has 0 radical (unpaired) electrons. The van der Waals surface area contributed by atoms with Crippen LogP contribution in [-0.4, -0.2) is 39.2 Å². The number of urea groups is 1. The van der Waals surface area contributed by atoms with Crippen LogP contribution in [0.2, 0.25) is 0 Å². The summed E-state index contributed by atoms with van der Waals surface area (Å²) < 4.78 is 0. The second-order valence-electron chi connectivity index (χ2n) is 4.27. The Labute approximate surface area is 125 Å². The number of carboxylic acids is 2. The molecule has 0 saturated carbocycles. The van der Waals surface area contributed by atoms with Crippen molar-refractivity contribution in [2.24, 2.45) is 0 Å². The number of hydrogen-bond acceptors (Lipinski definition) is 5. The molecule has 0 spiro atoms. The molecule has 2 unspecified atom stereocenters. The van der Waals surface area contributed by atoms with E-state index in [1.54, 1.807) is 11.6 Å². The standard InChI is InChI=1S/C12H17N3O5S/c1-2-7(10-13-5-6-21-10)14-12(20)15-8(11(18)19)3-4-9(16)17/h5-8H,2-4H2,1H3,(H,16,17)(H,18,19)(H2,14,15,20). The number of carbonyl (C=O) groups is 3. The van der Waals surface area contributed by atoms with E-state index in [0.717, 1.165) is 5.01 Å². The summed E-state index contributed by atoms with van der Waals surface area (Å²) in [6.45, 7) is 1.87. The monoisotopic (exact) mass is 315 g/mol. The Morgan fingerprint density at radius 3 is 2.52 bits per heavy atom. The van der Waals surface area contributed by atoms with Crippen LogP contribution in [0.4, 0.5) is 4.79 Å². The van der Waals surface area contributed by atoms with Crippen molar-refractivity contribution in [3.8, 4) is 0 Å². The molecule has 116 valence electrons. The fourth-order valence-corrected chi connectivity index (χ4v) is 2.40. The Morgan fingerprint density at radius 2 is 2.05 bits per heavy atom. The molecule has 21 heavy (non-hydrogen) atoms. The van der Waals surface area contributed by atoms with E-state index in [4.69, 9.17) is 10.2 Å². The van der Waals surface area contributed by atoms with E-state index >= 15 is 0 Å². The second kappa shape index (κ2) is 8.20. The fraction of sp³-hybridized carbons (Fsp3) is 0.500. The van der Waals surface area contributed by atoms with Crippen LogP contribution in [0, 0.1) is 0 Å². The van der Waals surface area contributed by atoms with Gasteiger partial charge in [-0.15, -0.1) is 11.3 Å². The molecule has 2 amide bonds. The minimum Gasteiger partial charge on any atom is -0.481 e. The van der Waals surface area contributed by atoms with E-state index in [0.29, 0.717) is 6.42 Å². The molecule has 0 aliphatic heterocycles. The lowest BCUT2D eigenvalue weighted by Crippen LogP contribution is -2.47. The first kappa shape index (κ1) is 16.9. The van der Waals surface area contributed by atoms with Gasteiger partial charge in [0, 0.05) is 18.0 Å². The molecule has 0 bridgehead atoms. The molecule has 4 N–H and O–H groups in total. The Morgan fingerprint density at radius 1 is 1.33 bits per heavy atom. The third-order valence-corrected chi connectivity index (χ3v) is 3.60. The van der Waals surface area contributed by atoms with Crippen LogP contribution in [0.5, 0.6) is 0 Å². The zero-order chi connectivity index (χ0) is 15.8. The van der Waals surface area contributed by atoms with Crippen molar-refractivity contribution in [3.63, 3.8) is 0 Å². The molecular weight excluding hydrogens is 298 g/mol. The van der Waals surface area contributed by atoms with E-state index in [-0.39, 0.29) is 18.9 Å². The second-order valence-corrected chi connectivity index (χ2v) is 5.20. The van der Waals surface area contributed by atoms with Gasteiger partial charge in [0.2, 0.25) is 0 Å². The highest BCUT2D eigenvalue weighted by molar-refractivity contribution is 7.09. The van der Waals surface area contributed by atoms with E-state index in [9.17, 15) is 14.4 Å². The SMILES string of the molecule is CCC(NC(=O)NC(CCC(=O)O)C(=O)O)c1nccs1. The summed E-state index contributed by atoms with van der Waals surface area (Å²) >= 11 is 1.39. The molecule has 0 aliphatic carbocycles. The third-order valence-electron chi connectivity index (χ3n) is 2.71. The number of rotatable bonds is 8. The Bertz CT molecular complexity index is 491. The Kier molecular flexibility index (Phi) is 6.60. The van der Waals surface area contributed by atoms with E-state index < -0.39 is 24.0 Å². The third kappa shape index (κ3) is 5.78. The van der Waals surface area contributed by atoms with Gasteiger partial charge < -0.3 is 20.8 Å². The summed E-state index contributed by atoms with van der Waals surface area (Å²) in [4.78, 5) is 37.4. The zero-order valence-electron chi connectivity index (χ0n) is 11.4. The van der Waals surface area contributed by atoms with Gasteiger partial charge in [-0.25, -0.2) is 14.6 Å². The van der Waals surface area contributed by atoms with Gasteiger partial charge in [0.1, 0.15) is 11.0 Å². The van der Waals surface area contributed by atoms with Gasteiger partial charge in [-0.05, 0) is 12.8 Å². The summed E-state index contributed by atoms with van der Waals surface area (Å²) in [5.41, 5.74) is 0. The summed E-state index contributed by atoms with van der Waals surface area (Å²) in [6.07, 6.45) is 1.72. The lowest BCUT2D eigenvalue weighted by Gasteiger charge is -2.18. The molecule has 0 aromatic carbocycles. The summed E-state index contributed by atoms with van der Waals surface area (Å²) in [7, 11) is 0. The molecule has 0 aliphatic rings. The number of amides is 2. The number of carbonyl (C=O) groups excluding carboxylic acids is 1. The maximum absolute atomic E-state index is 11.8. The van der Waals surface area contributed by atoms with Crippen molar-refractivity contribution < 1.29 is 24.6 Å². The first-order valence-electron chi connectivity index (χ1n) is 6.35. The molecule has 9 heteroatoms. The van der Waals surface area contributed by atoms with E-state index in [1.165, 1.54) is 11.3 Å². The maximum atomic E-state index is 11.8. The Balaban J connectivity index is 2.56. The average molecular weight is 315 g/mol. The van der Waals surface area contributed by atoms with Crippen LogP contribution >= 0.6 is 11.3 Å². The van der Waals surface area contributed by atoms with Crippen molar-refractivity contribution in [2.45, 2.75) is 38.3 Å². The molecule has 0 saturated heterocycles. The van der Waals surface area contributed by atoms with Crippen LogP contribution in [0.3, 0.4) is 0 Å².